The fraction of sp³-hybridized carbons (Fsp3) is 0.0833. The summed E-state index contributed by atoms with van der Waals surface area (Å²) in [4.78, 5) is 19.4. The van der Waals surface area contributed by atoms with Gasteiger partial charge < -0.3 is 10.7 Å². The van der Waals surface area contributed by atoms with E-state index in [-0.39, 0.29) is 17.2 Å². The van der Waals surface area contributed by atoms with Crippen LogP contribution in [0.4, 0.5) is 24.7 Å². The number of nitrogen functional groups attached to an aromatic ring is 1. The Morgan fingerprint density at radius 3 is 2.52 bits per heavy atom. The van der Waals surface area contributed by atoms with E-state index < -0.39 is 17.6 Å². The summed E-state index contributed by atoms with van der Waals surface area (Å²) in [6.07, 6.45) is -2.10. The number of hydrazine groups is 1. The number of rotatable bonds is 3. The minimum atomic E-state index is -4.48. The molecule has 2 rings (SSSR count). The van der Waals surface area contributed by atoms with Crippen molar-refractivity contribution in [3.63, 3.8) is 0 Å². The Bertz CT molecular complexity index is 642. The van der Waals surface area contributed by atoms with E-state index in [1.54, 1.807) is 0 Å². The number of aromatic nitrogens is 2. The molecule has 0 fully saturated rings. The fourth-order valence-electron chi connectivity index (χ4n) is 1.49. The molecule has 1 heterocycles. The quantitative estimate of drug-likeness (QED) is 0.595. The topological polar surface area (TPSA) is 92.9 Å². The van der Waals surface area contributed by atoms with Gasteiger partial charge in [0, 0.05) is 5.69 Å². The van der Waals surface area contributed by atoms with Gasteiger partial charge >= 0.3 is 6.18 Å². The van der Waals surface area contributed by atoms with Crippen LogP contribution < -0.4 is 16.6 Å². The molecule has 0 aliphatic heterocycles. The summed E-state index contributed by atoms with van der Waals surface area (Å²) in [6.45, 7) is 0. The molecule has 9 heteroatoms. The predicted molar refractivity (Wildman–Crippen MR) is 69.2 cm³/mol. The Morgan fingerprint density at radius 2 is 1.95 bits per heavy atom. The second-order valence-electron chi connectivity index (χ2n) is 3.96. The van der Waals surface area contributed by atoms with E-state index in [0.717, 1.165) is 18.3 Å². The first-order valence-electron chi connectivity index (χ1n) is 5.67. The Morgan fingerprint density at radius 1 is 1.19 bits per heavy atom. The zero-order valence-electron chi connectivity index (χ0n) is 10.5. The molecule has 6 nitrogen and oxygen atoms in total. The molecule has 0 bridgehead atoms. The van der Waals surface area contributed by atoms with Crippen molar-refractivity contribution in [1.82, 2.24) is 9.97 Å². The SMILES string of the molecule is NNc1cnc(C(=O)Nc2cccc(C(F)(F)F)c2)cn1. The average molecular weight is 297 g/mol. The molecule has 1 aromatic carbocycles. The number of carbonyl (C=O) groups is 1. The van der Waals surface area contributed by atoms with Gasteiger partial charge in [0.15, 0.2) is 5.82 Å². The van der Waals surface area contributed by atoms with Crippen molar-refractivity contribution < 1.29 is 18.0 Å². The molecule has 21 heavy (non-hydrogen) atoms. The van der Waals surface area contributed by atoms with Crippen LogP contribution >= 0.6 is 0 Å². The highest BCUT2D eigenvalue weighted by Crippen LogP contribution is 2.30. The number of anilines is 2. The minimum Gasteiger partial charge on any atom is -0.321 e. The Kier molecular flexibility index (Phi) is 4.03. The molecule has 110 valence electrons. The van der Waals surface area contributed by atoms with Crippen LogP contribution in [0.1, 0.15) is 16.1 Å². The second-order valence-corrected chi connectivity index (χ2v) is 3.96. The lowest BCUT2D eigenvalue weighted by atomic mass is 10.2. The van der Waals surface area contributed by atoms with Crippen LogP contribution in [0.3, 0.4) is 0 Å². The van der Waals surface area contributed by atoms with Crippen molar-refractivity contribution >= 4 is 17.4 Å². The van der Waals surface area contributed by atoms with Crippen LogP contribution in [-0.2, 0) is 6.18 Å². The van der Waals surface area contributed by atoms with Crippen molar-refractivity contribution in [2.45, 2.75) is 6.18 Å². The van der Waals surface area contributed by atoms with E-state index in [4.69, 9.17) is 5.84 Å². The van der Waals surface area contributed by atoms with Crippen LogP contribution in [0.15, 0.2) is 36.7 Å². The Labute approximate surface area is 117 Å². The zero-order valence-corrected chi connectivity index (χ0v) is 10.5. The maximum Gasteiger partial charge on any atom is 0.416 e. The average Bonchev–Trinajstić information content (AvgIpc) is 2.47. The van der Waals surface area contributed by atoms with Crippen molar-refractivity contribution in [2.24, 2.45) is 5.84 Å². The number of alkyl halides is 3. The van der Waals surface area contributed by atoms with E-state index in [2.05, 4.69) is 20.7 Å². The summed E-state index contributed by atoms with van der Waals surface area (Å²) in [5.41, 5.74) is 1.35. The van der Waals surface area contributed by atoms with Crippen LogP contribution in [0.5, 0.6) is 0 Å². The summed E-state index contributed by atoms with van der Waals surface area (Å²) < 4.78 is 37.7. The summed E-state index contributed by atoms with van der Waals surface area (Å²) >= 11 is 0. The van der Waals surface area contributed by atoms with Crippen molar-refractivity contribution in [3.05, 3.63) is 47.9 Å². The van der Waals surface area contributed by atoms with E-state index >= 15 is 0 Å². The molecule has 0 saturated carbocycles. The first-order chi connectivity index (χ1) is 9.90. The van der Waals surface area contributed by atoms with Crippen LogP contribution in [0, 0.1) is 0 Å². The number of nitrogens with one attached hydrogen (secondary N) is 2. The van der Waals surface area contributed by atoms with Crippen LogP contribution in [0.25, 0.3) is 0 Å². The number of nitrogens with zero attached hydrogens (tertiary/aromatic N) is 2. The first-order valence-corrected chi connectivity index (χ1v) is 5.67. The highest BCUT2D eigenvalue weighted by Gasteiger charge is 2.30. The minimum absolute atomic E-state index is 0.0117. The molecule has 0 spiro atoms. The van der Waals surface area contributed by atoms with Gasteiger partial charge in [0.05, 0.1) is 18.0 Å². The number of hydrogen-bond acceptors (Lipinski definition) is 5. The van der Waals surface area contributed by atoms with Gasteiger partial charge in [-0.15, -0.1) is 0 Å². The molecule has 0 aliphatic carbocycles. The number of nitrogens with two attached hydrogens (primary N) is 1. The number of carbonyl (C=O) groups excluding carboxylic acids is 1. The first kappa shape index (κ1) is 14.7. The van der Waals surface area contributed by atoms with E-state index in [9.17, 15) is 18.0 Å². The maximum atomic E-state index is 12.6. The third-order valence-corrected chi connectivity index (χ3v) is 2.48. The van der Waals surface area contributed by atoms with Gasteiger partial charge in [0.25, 0.3) is 5.91 Å². The summed E-state index contributed by atoms with van der Waals surface area (Å²) in [5, 5.41) is 2.32. The number of amides is 1. The molecule has 0 radical (unpaired) electrons. The monoisotopic (exact) mass is 297 g/mol. The predicted octanol–water partition coefficient (Wildman–Crippen LogP) is 2.03. The van der Waals surface area contributed by atoms with E-state index in [0.29, 0.717) is 0 Å². The van der Waals surface area contributed by atoms with Crippen LogP contribution in [0.2, 0.25) is 0 Å². The number of benzene rings is 1. The number of halogens is 3. The fourth-order valence-corrected chi connectivity index (χ4v) is 1.49. The van der Waals surface area contributed by atoms with Crippen molar-refractivity contribution in [3.8, 4) is 0 Å². The number of hydrogen-bond donors (Lipinski definition) is 3. The van der Waals surface area contributed by atoms with Crippen LogP contribution in [-0.4, -0.2) is 15.9 Å². The van der Waals surface area contributed by atoms with Gasteiger partial charge in [0.2, 0.25) is 0 Å². The molecular weight excluding hydrogens is 287 g/mol. The van der Waals surface area contributed by atoms with E-state index in [1.165, 1.54) is 18.3 Å². The van der Waals surface area contributed by atoms with E-state index in [1.807, 2.05) is 0 Å². The largest absolute Gasteiger partial charge is 0.416 e. The van der Waals surface area contributed by atoms with Gasteiger partial charge in [-0.05, 0) is 18.2 Å². The lowest BCUT2D eigenvalue weighted by molar-refractivity contribution is -0.137. The lowest BCUT2D eigenvalue weighted by Gasteiger charge is -2.09. The van der Waals surface area contributed by atoms with Crippen molar-refractivity contribution in [1.29, 1.82) is 0 Å². The third kappa shape index (κ3) is 3.66. The molecule has 1 aromatic heterocycles. The smallest absolute Gasteiger partial charge is 0.321 e. The highest BCUT2D eigenvalue weighted by atomic mass is 19.4. The molecule has 1 amide bonds. The normalized spacial score (nSPS) is 11.0. The third-order valence-electron chi connectivity index (χ3n) is 2.48. The second kappa shape index (κ2) is 5.75. The molecule has 0 unspecified atom stereocenters. The molecular formula is C12H10F3N5O. The molecule has 2 aromatic rings. The lowest BCUT2D eigenvalue weighted by Crippen LogP contribution is -2.16. The molecule has 0 saturated heterocycles. The maximum absolute atomic E-state index is 12.6. The van der Waals surface area contributed by atoms with Crippen molar-refractivity contribution in [2.75, 3.05) is 10.7 Å². The Balaban J connectivity index is 2.15. The van der Waals surface area contributed by atoms with Gasteiger partial charge in [-0.1, -0.05) is 6.07 Å². The standard InChI is InChI=1S/C12H10F3N5O/c13-12(14,15)7-2-1-3-8(4-7)19-11(21)9-5-18-10(20-16)6-17-9/h1-6H,16H2,(H,18,20)(H,19,21). The van der Waals surface area contributed by atoms with Gasteiger partial charge in [0.1, 0.15) is 5.69 Å². The zero-order chi connectivity index (χ0) is 15.5. The Hall–Kier alpha value is -2.68. The van der Waals surface area contributed by atoms with Gasteiger partial charge in [-0.2, -0.15) is 13.2 Å². The highest BCUT2D eigenvalue weighted by molar-refractivity contribution is 6.02. The van der Waals surface area contributed by atoms with Gasteiger partial charge in [-0.3, -0.25) is 4.79 Å². The summed E-state index contributed by atoms with van der Waals surface area (Å²) in [6, 6.07) is 4.29. The molecule has 4 N–H and O–H groups in total. The van der Waals surface area contributed by atoms with Gasteiger partial charge in [-0.25, -0.2) is 15.8 Å². The molecule has 0 atom stereocenters. The summed E-state index contributed by atoms with van der Waals surface area (Å²) in [7, 11) is 0. The summed E-state index contributed by atoms with van der Waals surface area (Å²) in [5.74, 6) is 4.68. The molecule has 0 aliphatic rings.